The van der Waals surface area contributed by atoms with Gasteiger partial charge in [0.2, 0.25) is 0 Å². The lowest BCUT2D eigenvalue weighted by atomic mass is 10.0. The van der Waals surface area contributed by atoms with Crippen LogP contribution in [-0.4, -0.2) is 40.6 Å². The second-order valence-corrected chi connectivity index (χ2v) is 4.41. The standard InChI is InChI=1S/C12H24N2O3/c1-6-8(3)14(7-2)12(17)13-10(5)9(4)11(15)16/h8-10H,6-7H2,1-5H3,(H,13,17)(H,15,16). The van der Waals surface area contributed by atoms with Gasteiger partial charge in [0.1, 0.15) is 0 Å². The number of aliphatic carboxylic acids is 1. The Hall–Kier alpha value is -1.26. The van der Waals surface area contributed by atoms with Crippen molar-refractivity contribution in [3.63, 3.8) is 0 Å². The molecule has 3 unspecified atom stereocenters. The lowest BCUT2D eigenvalue weighted by molar-refractivity contribution is -0.141. The Bertz CT molecular complexity index is 268. The van der Waals surface area contributed by atoms with E-state index in [0.717, 1.165) is 6.42 Å². The van der Waals surface area contributed by atoms with Crippen LogP contribution in [0.2, 0.25) is 0 Å². The summed E-state index contributed by atoms with van der Waals surface area (Å²) < 4.78 is 0. The first-order chi connectivity index (χ1) is 7.84. The summed E-state index contributed by atoms with van der Waals surface area (Å²) in [5.74, 6) is -1.49. The molecule has 0 saturated carbocycles. The average molecular weight is 244 g/mol. The monoisotopic (exact) mass is 244 g/mol. The third-order valence-electron chi connectivity index (χ3n) is 3.22. The normalized spacial score (nSPS) is 15.8. The van der Waals surface area contributed by atoms with Gasteiger partial charge in [-0.2, -0.15) is 0 Å². The van der Waals surface area contributed by atoms with Crippen molar-refractivity contribution >= 4 is 12.0 Å². The summed E-state index contributed by atoms with van der Waals surface area (Å²) in [6.45, 7) is 9.83. The molecule has 0 saturated heterocycles. The first kappa shape index (κ1) is 15.7. The minimum absolute atomic E-state index is 0.160. The topological polar surface area (TPSA) is 69.6 Å². The SMILES string of the molecule is CCC(C)N(CC)C(=O)NC(C)C(C)C(=O)O. The van der Waals surface area contributed by atoms with E-state index in [0.29, 0.717) is 6.54 Å². The van der Waals surface area contributed by atoms with Crippen LogP contribution < -0.4 is 5.32 Å². The van der Waals surface area contributed by atoms with Crippen LogP contribution in [0.5, 0.6) is 0 Å². The van der Waals surface area contributed by atoms with E-state index in [1.807, 2.05) is 20.8 Å². The third kappa shape index (κ3) is 4.63. The largest absolute Gasteiger partial charge is 0.481 e. The predicted octanol–water partition coefficient (Wildman–Crippen LogP) is 1.93. The molecule has 0 radical (unpaired) electrons. The fraction of sp³-hybridized carbons (Fsp3) is 0.833. The Morgan fingerprint density at radius 3 is 2.12 bits per heavy atom. The van der Waals surface area contributed by atoms with Crippen LogP contribution in [-0.2, 0) is 4.79 Å². The Labute approximate surface area is 103 Å². The van der Waals surface area contributed by atoms with Gasteiger partial charge in [-0.25, -0.2) is 4.79 Å². The maximum atomic E-state index is 11.9. The van der Waals surface area contributed by atoms with Gasteiger partial charge in [0.05, 0.1) is 5.92 Å². The molecule has 0 fully saturated rings. The third-order valence-corrected chi connectivity index (χ3v) is 3.22. The van der Waals surface area contributed by atoms with Crippen LogP contribution in [0.1, 0.15) is 41.0 Å². The van der Waals surface area contributed by atoms with Crippen molar-refractivity contribution in [2.24, 2.45) is 5.92 Å². The zero-order chi connectivity index (χ0) is 13.6. The van der Waals surface area contributed by atoms with Gasteiger partial charge in [-0.3, -0.25) is 4.79 Å². The highest BCUT2D eigenvalue weighted by Gasteiger charge is 2.24. The summed E-state index contributed by atoms with van der Waals surface area (Å²) in [7, 11) is 0. The van der Waals surface area contributed by atoms with Gasteiger partial charge in [0, 0.05) is 18.6 Å². The molecule has 0 aliphatic heterocycles. The molecular formula is C12H24N2O3. The minimum atomic E-state index is -0.899. The number of hydrogen-bond donors (Lipinski definition) is 2. The molecule has 3 atom stereocenters. The number of hydrogen-bond acceptors (Lipinski definition) is 2. The number of carboxylic acids is 1. The van der Waals surface area contributed by atoms with Crippen LogP contribution in [0.3, 0.4) is 0 Å². The van der Waals surface area contributed by atoms with E-state index >= 15 is 0 Å². The predicted molar refractivity (Wildman–Crippen MR) is 66.9 cm³/mol. The lowest BCUT2D eigenvalue weighted by Crippen LogP contribution is -2.50. The summed E-state index contributed by atoms with van der Waals surface area (Å²) in [5.41, 5.74) is 0. The van der Waals surface area contributed by atoms with Crippen molar-refractivity contribution in [1.82, 2.24) is 10.2 Å². The molecule has 2 amide bonds. The molecule has 0 aromatic carbocycles. The summed E-state index contributed by atoms with van der Waals surface area (Å²) in [6, 6.07) is -0.409. The number of carbonyl (C=O) groups excluding carboxylic acids is 1. The highest BCUT2D eigenvalue weighted by Crippen LogP contribution is 2.07. The van der Waals surface area contributed by atoms with E-state index in [1.165, 1.54) is 0 Å². The van der Waals surface area contributed by atoms with Gasteiger partial charge in [-0.15, -0.1) is 0 Å². The molecule has 0 heterocycles. The van der Waals surface area contributed by atoms with Crippen molar-refractivity contribution in [3.05, 3.63) is 0 Å². The molecule has 17 heavy (non-hydrogen) atoms. The van der Waals surface area contributed by atoms with Crippen molar-refractivity contribution in [2.45, 2.75) is 53.1 Å². The molecule has 0 bridgehead atoms. The van der Waals surface area contributed by atoms with Crippen LogP contribution in [0.4, 0.5) is 4.79 Å². The molecule has 0 aliphatic rings. The summed E-state index contributed by atoms with van der Waals surface area (Å²) in [6.07, 6.45) is 0.879. The second-order valence-electron chi connectivity index (χ2n) is 4.41. The summed E-state index contributed by atoms with van der Waals surface area (Å²) in [5, 5.41) is 11.6. The first-order valence-electron chi connectivity index (χ1n) is 6.15. The maximum Gasteiger partial charge on any atom is 0.317 e. The van der Waals surface area contributed by atoms with Crippen molar-refractivity contribution < 1.29 is 14.7 Å². The van der Waals surface area contributed by atoms with Crippen LogP contribution in [0, 0.1) is 5.92 Å². The summed E-state index contributed by atoms with van der Waals surface area (Å²) in [4.78, 5) is 24.4. The van der Waals surface area contributed by atoms with Gasteiger partial charge >= 0.3 is 12.0 Å². The molecule has 100 valence electrons. The summed E-state index contributed by atoms with van der Waals surface area (Å²) >= 11 is 0. The van der Waals surface area contributed by atoms with Gasteiger partial charge in [0.15, 0.2) is 0 Å². The van der Waals surface area contributed by atoms with E-state index in [9.17, 15) is 9.59 Å². The fourth-order valence-electron chi connectivity index (χ4n) is 1.49. The van der Waals surface area contributed by atoms with Crippen molar-refractivity contribution in [3.8, 4) is 0 Å². The quantitative estimate of drug-likeness (QED) is 0.750. The van der Waals surface area contributed by atoms with Crippen molar-refractivity contribution in [2.75, 3.05) is 6.54 Å². The molecule has 2 N–H and O–H groups in total. The Kier molecular flexibility index (Phi) is 6.61. The lowest BCUT2D eigenvalue weighted by Gasteiger charge is -2.29. The van der Waals surface area contributed by atoms with Gasteiger partial charge < -0.3 is 15.3 Å². The Balaban J connectivity index is 4.46. The van der Waals surface area contributed by atoms with Crippen LogP contribution in [0.15, 0.2) is 0 Å². The highest BCUT2D eigenvalue weighted by molar-refractivity contribution is 5.76. The Morgan fingerprint density at radius 2 is 1.76 bits per heavy atom. The van der Waals surface area contributed by atoms with E-state index in [1.54, 1.807) is 18.7 Å². The minimum Gasteiger partial charge on any atom is -0.481 e. The van der Waals surface area contributed by atoms with E-state index in [-0.39, 0.29) is 18.1 Å². The maximum absolute atomic E-state index is 11.9. The molecule has 5 heteroatoms. The molecule has 0 aliphatic carbocycles. The molecule has 0 aromatic rings. The molecule has 0 rings (SSSR count). The van der Waals surface area contributed by atoms with Crippen LogP contribution >= 0.6 is 0 Å². The second kappa shape index (κ2) is 7.14. The van der Waals surface area contributed by atoms with Crippen molar-refractivity contribution in [1.29, 1.82) is 0 Å². The number of carboxylic acid groups (broad SMARTS) is 1. The van der Waals surface area contributed by atoms with Gasteiger partial charge in [-0.05, 0) is 34.1 Å². The number of nitrogens with one attached hydrogen (secondary N) is 1. The Morgan fingerprint density at radius 1 is 1.24 bits per heavy atom. The number of rotatable bonds is 6. The number of carbonyl (C=O) groups is 2. The number of nitrogens with zero attached hydrogens (tertiary/aromatic N) is 1. The molecule has 0 spiro atoms. The average Bonchev–Trinajstić information content (AvgIpc) is 2.28. The molecule has 5 nitrogen and oxygen atoms in total. The highest BCUT2D eigenvalue weighted by atomic mass is 16.4. The zero-order valence-electron chi connectivity index (χ0n) is 11.4. The number of amides is 2. The van der Waals surface area contributed by atoms with E-state index < -0.39 is 11.9 Å². The zero-order valence-corrected chi connectivity index (χ0v) is 11.4. The smallest absolute Gasteiger partial charge is 0.317 e. The first-order valence-corrected chi connectivity index (χ1v) is 6.15. The van der Waals surface area contributed by atoms with Gasteiger partial charge in [0.25, 0.3) is 0 Å². The molecule has 0 aromatic heterocycles. The van der Waals surface area contributed by atoms with E-state index in [4.69, 9.17) is 5.11 Å². The van der Waals surface area contributed by atoms with E-state index in [2.05, 4.69) is 5.32 Å². The fourth-order valence-corrected chi connectivity index (χ4v) is 1.49. The van der Waals surface area contributed by atoms with Crippen LogP contribution in [0.25, 0.3) is 0 Å². The van der Waals surface area contributed by atoms with Gasteiger partial charge in [-0.1, -0.05) is 6.92 Å². The number of urea groups is 1. The molecular weight excluding hydrogens is 220 g/mol.